The molecule has 0 aliphatic carbocycles. The zero-order valence-corrected chi connectivity index (χ0v) is 15.0. The molecule has 0 bridgehead atoms. The Morgan fingerprint density at radius 3 is 2.57 bits per heavy atom. The topological polar surface area (TPSA) is 48.9 Å². The lowest BCUT2D eigenvalue weighted by Crippen LogP contribution is -2.42. The molecule has 130 valence electrons. The average molecular weight is 320 g/mol. The molecule has 0 spiro atoms. The zero-order valence-electron chi connectivity index (χ0n) is 15.0. The third-order valence-corrected chi connectivity index (χ3v) is 3.95. The van der Waals surface area contributed by atoms with Gasteiger partial charge < -0.3 is 20.3 Å². The fraction of sp³-hybridized carbons (Fsp3) is 0.611. The molecule has 5 heteroatoms. The van der Waals surface area contributed by atoms with Gasteiger partial charge in [0.15, 0.2) is 5.96 Å². The Morgan fingerprint density at radius 1 is 1.22 bits per heavy atom. The Hall–Kier alpha value is -1.75. The third-order valence-electron chi connectivity index (χ3n) is 3.95. The maximum absolute atomic E-state index is 5.67. The van der Waals surface area contributed by atoms with Crippen LogP contribution in [0, 0.1) is 0 Å². The summed E-state index contributed by atoms with van der Waals surface area (Å²) in [5.41, 5.74) is 0. The predicted octanol–water partition coefficient (Wildman–Crippen LogP) is 2.35. The van der Waals surface area contributed by atoms with E-state index < -0.39 is 0 Å². The van der Waals surface area contributed by atoms with Crippen LogP contribution < -0.4 is 15.4 Å². The van der Waals surface area contributed by atoms with Gasteiger partial charge >= 0.3 is 0 Å². The number of nitrogens with one attached hydrogen (secondary N) is 2. The molecule has 0 fully saturated rings. The van der Waals surface area contributed by atoms with Gasteiger partial charge in [0.25, 0.3) is 0 Å². The lowest BCUT2D eigenvalue weighted by atomic mass is 10.2. The number of likely N-dealkylation sites (N-methyl/N-ethyl adjacent to an activating group) is 1. The standard InChI is InChI=1S/C18H32N4O/c1-5-16(2)22(4)14-13-21-18(19-3)20-12-9-15-23-17-10-7-6-8-11-17/h6-8,10-11,16H,5,9,12-15H2,1-4H3,(H2,19,20,21). The van der Waals surface area contributed by atoms with E-state index in [9.17, 15) is 0 Å². The number of hydrogen-bond acceptors (Lipinski definition) is 3. The second kappa shape index (κ2) is 11.8. The Bertz CT molecular complexity index is 436. The Kier molecular flexibility index (Phi) is 9.87. The van der Waals surface area contributed by atoms with Crippen molar-refractivity contribution in [2.45, 2.75) is 32.7 Å². The van der Waals surface area contributed by atoms with Crippen molar-refractivity contribution >= 4 is 5.96 Å². The van der Waals surface area contributed by atoms with Gasteiger partial charge in [-0.2, -0.15) is 0 Å². The number of aliphatic imine (C=N–C) groups is 1. The minimum absolute atomic E-state index is 0.613. The van der Waals surface area contributed by atoms with E-state index in [1.54, 1.807) is 7.05 Å². The number of ether oxygens (including phenoxy) is 1. The molecule has 0 radical (unpaired) electrons. The van der Waals surface area contributed by atoms with Gasteiger partial charge in [-0.15, -0.1) is 0 Å². The van der Waals surface area contributed by atoms with E-state index in [-0.39, 0.29) is 0 Å². The van der Waals surface area contributed by atoms with Crippen LogP contribution in [-0.2, 0) is 0 Å². The molecule has 1 aromatic rings. The first kappa shape index (κ1) is 19.3. The van der Waals surface area contributed by atoms with Crippen molar-refractivity contribution in [3.8, 4) is 5.75 Å². The smallest absolute Gasteiger partial charge is 0.191 e. The summed E-state index contributed by atoms with van der Waals surface area (Å²) in [6, 6.07) is 10.5. The van der Waals surface area contributed by atoms with Crippen molar-refractivity contribution in [3.05, 3.63) is 30.3 Å². The van der Waals surface area contributed by atoms with Gasteiger partial charge in [0.2, 0.25) is 0 Å². The van der Waals surface area contributed by atoms with Crippen LogP contribution in [0.1, 0.15) is 26.7 Å². The highest BCUT2D eigenvalue weighted by Gasteiger charge is 2.06. The molecule has 0 heterocycles. The average Bonchev–Trinajstić information content (AvgIpc) is 2.59. The second-order valence-electron chi connectivity index (χ2n) is 5.68. The van der Waals surface area contributed by atoms with Gasteiger partial charge in [-0.1, -0.05) is 25.1 Å². The fourth-order valence-corrected chi connectivity index (χ4v) is 2.09. The van der Waals surface area contributed by atoms with E-state index in [2.05, 4.69) is 41.4 Å². The molecule has 2 N–H and O–H groups in total. The summed E-state index contributed by atoms with van der Waals surface area (Å²) in [7, 11) is 3.96. The molecule has 0 amide bonds. The number of hydrogen-bond donors (Lipinski definition) is 2. The van der Waals surface area contributed by atoms with Crippen LogP contribution >= 0.6 is 0 Å². The summed E-state index contributed by atoms with van der Waals surface area (Å²) in [6.45, 7) is 7.90. The third kappa shape index (κ3) is 8.45. The minimum Gasteiger partial charge on any atom is -0.494 e. The van der Waals surface area contributed by atoms with E-state index in [0.29, 0.717) is 12.6 Å². The largest absolute Gasteiger partial charge is 0.494 e. The van der Waals surface area contributed by atoms with Crippen LogP contribution in [0.15, 0.2) is 35.3 Å². The van der Waals surface area contributed by atoms with Gasteiger partial charge in [-0.25, -0.2) is 0 Å². The Balaban J connectivity index is 2.10. The van der Waals surface area contributed by atoms with Crippen LogP contribution in [0.3, 0.4) is 0 Å². The molecule has 1 unspecified atom stereocenters. The molecule has 0 aliphatic rings. The number of guanidine groups is 1. The highest BCUT2D eigenvalue weighted by atomic mass is 16.5. The first-order chi connectivity index (χ1) is 11.2. The molecule has 1 atom stereocenters. The maximum Gasteiger partial charge on any atom is 0.191 e. The van der Waals surface area contributed by atoms with Crippen molar-refractivity contribution in [2.24, 2.45) is 4.99 Å². The summed E-state index contributed by atoms with van der Waals surface area (Å²) >= 11 is 0. The number of benzene rings is 1. The van der Waals surface area contributed by atoms with E-state index in [0.717, 1.165) is 37.8 Å². The van der Waals surface area contributed by atoms with Gasteiger partial charge in [-0.05, 0) is 38.9 Å². The first-order valence-electron chi connectivity index (χ1n) is 8.50. The van der Waals surface area contributed by atoms with E-state index in [4.69, 9.17) is 4.74 Å². The van der Waals surface area contributed by atoms with Crippen molar-refractivity contribution in [1.29, 1.82) is 0 Å². The lowest BCUT2D eigenvalue weighted by molar-refractivity contribution is 0.255. The van der Waals surface area contributed by atoms with Crippen LogP contribution in [0.5, 0.6) is 5.75 Å². The van der Waals surface area contributed by atoms with Gasteiger partial charge in [0, 0.05) is 32.7 Å². The van der Waals surface area contributed by atoms with Crippen LogP contribution in [0.25, 0.3) is 0 Å². The molecule has 23 heavy (non-hydrogen) atoms. The summed E-state index contributed by atoms with van der Waals surface area (Å²) in [4.78, 5) is 6.60. The van der Waals surface area contributed by atoms with E-state index in [1.807, 2.05) is 30.3 Å². The molecular weight excluding hydrogens is 288 g/mol. The molecular formula is C18H32N4O. The highest BCUT2D eigenvalue weighted by molar-refractivity contribution is 5.79. The van der Waals surface area contributed by atoms with E-state index >= 15 is 0 Å². The summed E-state index contributed by atoms with van der Waals surface area (Å²) in [5, 5.41) is 6.66. The van der Waals surface area contributed by atoms with Crippen molar-refractivity contribution in [3.63, 3.8) is 0 Å². The lowest BCUT2D eigenvalue weighted by Gasteiger charge is -2.24. The van der Waals surface area contributed by atoms with Crippen molar-refractivity contribution in [1.82, 2.24) is 15.5 Å². The summed E-state index contributed by atoms with van der Waals surface area (Å²) in [5.74, 6) is 1.77. The molecule has 0 saturated heterocycles. The number of rotatable bonds is 10. The first-order valence-corrected chi connectivity index (χ1v) is 8.50. The highest BCUT2D eigenvalue weighted by Crippen LogP contribution is 2.07. The van der Waals surface area contributed by atoms with Gasteiger partial charge in [0.05, 0.1) is 6.61 Å². The molecule has 0 aliphatic heterocycles. The molecule has 0 saturated carbocycles. The molecule has 1 aromatic carbocycles. The Morgan fingerprint density at radius 2 is 1.91 bits per heavy atom. The Labute approximate surface area is 141 Å². The SMILES string of the molecule is CCC(C)N(C)CCNC(=NC)NCCCOc1ccccc1. The van der Waals surface area contributed by atoms with Crippen LogP contribution in [0.2, 0.25) is 0 Å². The van der Waals surface area contributed by atoms with Crippen LogP contribution in [-0.4, -0.2) is 57.2 Å². The summed E-state index contributed by atoms with van der Waals surface area (Å²) in [6.07, 6.45) is 2.10. The van der Waals surface area contributed by atoms with E-state index in [1.165, 1.54) is 6.42 Å². The number of nitrogens with zero attached hydrogens (tertiary/aromatic N) is 2. The van der Waals surface area contributed by atoms with Crippen molar-refractivity contribution in [2.75, 3.05) is 40.3 Å². The summed E-state index contributed by atoms with van der Waals surface area (Å²) < 4.78 is 5.67. The zero-order chi connectivity index (χ0) is 16.9. The molecule has 5 nitrogen and oxygen atoms in total. The quantitative estimate of drug-likeness (QED) is 0.395. The number of para-hydroxylation sites is 1. The normalized spacial score (nSPS) is 13.0. The second-order valence-corrected chi connectivity index (χ2v) is 5.68. The van der Waals surface area contributed by atoms with Crippen LogP contribution in [0.4, 0.5) is 0 Å². The minimum atomic E-state index is 0.613. The monoisotopic (exact) mass is 320 g/mol. The maximum atomic E-state index is 5.67. The van der Waals surface area contributed by atoms with Gasteiger partial charge in [0.1, 0.15) is 5.75 Å². The predicted molar refractivity (Wildman–Crippen MR) is 98.3 cm³/mol. The molecule has 1 rings (SSSR count). The van der Waals surface area contributed by atoms with Gasteiger partial charge in [-0.3, -0.25) is 4.99 Å². The van der Waals surface area contributed by atoms with Crippen molar-refractivity contribution < 1.29 is 4.74 Å². The fourth-order valence-electron chi connectivity index (χ4n) is 2.09. The molecule has 0 aromatic heterocycles.